The Morgan fingerprint density at radius 2 is 1.86 bits per heavy atom. The van der Waals surface area contributed by atoms with E-state index in [2.05, 4.69) is 0 Å². The highest BCUT2D eigenvalue weighted by Gasteiger charge is 2.15. The van der Waals surface area contributed by atoms with Crippen molar-refractivity contribution in [3.8, 4) is 0 Å². The Balaban J connectivity index is 2.27. The Morgan fingerprint density at radius 1 is 1.21 bits per heavy atom. The van der Waals surface area contributed by atoms with Gasteiger partial charge in [0.05, 0.1) is 4.92 Å². The molecule has 0 radical (unpaired) electrons. The van der Waals surface area contributed by atoms with Crippen LogP contribution < -0.4 is 5.73 Å². The zero-order valence-corrected chi connectivity index (χ0v) is 8.13. The zero-order chi connectivity index (χ0) is 10.4. The summed E-state index contributed by atoms with van der Waals surface area (Å²) in [6, 6.07) is 0.356. The quantitative estimate of drug-likeness (QED) is 0.425. The van der Waals surface area contributed by atoms with Gasteiger partial charge in [0.2, 0.25) is 6.20 Å². The first kappa shape index (κ1) is 10.9. The fraction of sp³-hybridized carbons (Fsp3) is 0.600. The van der Waals surface area contributed by atoms with Crippen LogP contribution in [0.3, 0.4) is 0 Å². The van der Waals surface area contributed by atoms with Gasteiger partial charge in [-0.15, -0.1) is 0 Å². The van der Waals surface area contributed by atoms with Gasteiger partial charge in [0.25, 0.3) is 0 Å². The first-order valence-corrected chi connectivity index (χ1v) is 4.92. The van der Waals surface area contributed by atoms with Crippen molar-refractivity contribution in [2.45, 2.75) is 31.7 Å². The molecule has 0 aliphatic heterocycles. The number of nitrogens with two attached hydrogens (primary N) is 1. The number of hydrogen-bond donors (Lipinski definition) is 1. The molecule has 0 bridgehead atoms. The smallest absolute Gasteiger partial charge is 0.234 e. The molecule has 2 N–H and O–H groups in total. The monoisotopic (exact) mass is 196 g/mol. The van der Waals surface area contributed by atoms with E-state index in [0.717, 1.165) is 31.9 Å². The van der Waals surface area contributed by atoms with Crippen LogP contribution in [-0.4, -0.2) is 11.0 Å². The fourth-order valence-electron chi connectivity index (χ4n) is 1.68. The SMILES string of the molecule is NC1CCC(/C=C/C=C/[N+](=O)[O-])CC1. The predicted octanol–water partition coefficient (Wildman–Crippen LogP) is 1.85. The average molecular weight is 196 g/mol. The van der Waals surface area contributed by atoms with Gasteiger partial charge in [0.15, 0.2) is 0 Å². The molecular formula is C10H16N2O2. The van der Waals surface area contributed by atoms with Gasteiger partial charge in [-0.1, -0.05) is 12.2 Å². The number of allylic oxidation sites excluding steroid dienone is 3. The van der Waals surface area contributed by atoms with Crippen LogP contribution >= 0.6 is 0 Å². The topological polar surface area (TPSA) is 69.2 Å². The molecule has 0 spiro atoms. The maximum Gasteiger partial charge on any atom is 0.234 e. The summed E-state index contributed by atoms with van der Waals surface area (Å²) in [4.78, 5) is 9.50. The van der Waals surface area contributed by atoms with Crippen molar-refractivity contribution >= 4 is 0 Å². The second-order valence-corrected chi connectivity index (χ2v) is 3.69. The minimum Gasteiger partial charge on any atom is -0.328 e. The maximum atomic E-state index is 9.96. The molecule has 1 saturated carbocycles. The highest BCUT2D eigenvalue weighted by atomic mass is 16.6. The molecule has 1 aliphatic rings. The Labute approximate surface area is 83.6 Å². The highest BCUT2D eigenvalue weighted by molar-refractivity contribution is 5.02. The summed E-state index contributed by atoms with van der Waals surface area (Å²) in [6.07, 6.45) is 10.5. The fourth-order valence-corrected chi connectivity index (χ4v) is 1.68. The van der Waals surface area contributed by atoms with Gasteiger partial charge in [0, 0.05) is 12.1 Å². The molecule has 4 nitrogen and oxygen atoms in total. The lowest BCUT2D eigenvalue weighted by molar-refractivity contribution is -0.402. The highest BCUT2D eigenvalue weighted by Crippen LogP contribution is 2.23. The van der Waals surface area contributed by atoms with Crippen molar-refractivity contribution in [2.24, 2.45) is 11.7 Å². The van der Waals surface area contributed by atoms with Gasteiger partial charge >= 0.3 is 0 Å². The van der Waals surface area contributed by atoms with Crippen LogP contribution in [0, 0.1) is 16.0 Å². The van der Waals surface area contributed by atoms with Gasteiger partial charge < -0.3 is 5.73 Å². The van der Waals surface area contributed by atoms with E-state index in [4.69, 9.17) is 5.73 Å². The van der Waals surface area contributed by atoms with Crippen LogP contribution in [0.4, 0.5) is 0 Å². The zero-order valence-electron chi connectivity index (χ0n) is 8.13. The lowest BCUT2D eigenvalue weighted by Crippen LogP contribution is -2.25. The number of rotatable bonds is 3. The Kier molecular flexibility index (Phi) is 4.32. The minimum atomic E-state index is -0.457. The van der Waals surface area contributed by atoms with Gasteiger partial charge in [-0.05, 0) is 31.6 Å². The number of hydrogen-bond acceptors (Lipinski definition) is 3. The molecule has 78 valence electrons. The van der Waals surface area contributed by atoms with Crippen molar-refractivity contribution in [1.82, 2.24) is 0 Å². The second kappa shape index (κ2) is 5.54. The second-order valence-electron chi connectivity index (χ2n) is 3.69. The summed E-state index contributed by atoms with van der Waals surface area (Å²) < 4.78 is 0. The van der Waals surface area contributed by atoms with Crippen molar-refractivity contribution in [2.75, 3.05) is 0 Å². The van der Waals surface area contributed by atoms with Crippen LogP contribution in [0.2, 0.25) is 0 Å². The van der Waals surface area contributed by atoms with E-state index in [1.807, 2.05) is 6.08 Å². The van der Waals surface area contributed by atoms with Crippen molar-refractivity contribution in [3.05, 3.63) is 34.5 Å². The van der Waals surface area contributed by atoms with Gasteiger partial charge in [-0.2, -0.15) is 0 Å². The Hall–Kier alpha value is -1.16. The molecule has 1 fully saturated rings. The third-order valence-corrected chi connectivity index (χ3v) is 2.52. The van der Waals surface area contributed by atoms with Crippen LogP contribution in [0.15, 0.2) is 24.4 Å². The van der Waals surface area contributed by atoms with E-state index >= 15 is 0 Å². The van der Waals surface area contributed by atoms with Gasteiger partial charge in [0.1, 0.15) is 0 Å². The normalized spacial score (nSPS) is 28.6. The van der Waals surface area contributed by atoms with Crippen LogP contribution in [0.1, 0.15) is 25.7 Å². The summed E-state index contributed by atoms with van der Waals surface area (Å²) in [5, 5.41) is 9.96. The molecule has 1 aliphatic carbocycles. The predicted molar refractivity (Wildman–Crippen MR) is 55.2 cm³/mol. The van der Waals surface area contributed by atoms with E-state index in [1.165, 1.54) is 6.08 Å². The first-order chi connectivity index (χ1) is 6.68. The standard InChI is InChI=1S/C10H16N2O2/c11-10-6-4-9(5-7-10)3-1-2-8-12(13)14/h1-3,8-10H,4-7,11H2/b3-1+,8-2+. The third-order valence-electron chi connectivity index (χ3n) is 2.52. The molecule has 4 heteroatoms. The maximum absolute atomic E-state index is 9.96. The summed E-state index contributed by atoms with van der Waals surface area (Å²) in [6.45, 7) is 0. The molecule has 14 heavy (non-hydrogen) atoms. The average Bonchev–Trinajstić information content (AvgIpc) is 2.15. The number of nitro groups is 1. The largest absolute Gasteiger partial charge is 0.328 e. The molecule has 0 aromatic carbocycles. The van der Waals surface area contributed by atoms with E-state index < -0.39 is 4.92 Å². The van der Waals surface area contributed by atoms with Crippen LogP contribution in [-0.2, 0) is 0 Å². The summed E-state index contributed by atoms with van der Waals surface area (Å²) >= 11 is 0. The summed E-state index contributed by atoms with van der Waals surface area (Å²) in [5.41, 5.74) is 5.76. The van der Waals surface area contributed by atoms with E-state index in [-0.39, 0.29) is 0 Å². The van der Waals surface area contributed by atoms with Crippen molar-refractivity contribution in [1.29, 1.82) is 0 Å². The lowest BCUT2D eigenvalue weighted by Gasteiger charge is -2.23. The number of nitrogens with zero attached hydrogens (tertiary/aromatic N) is 1. The molecular weight excluding hydrogens is 180 g/mol. The van der Waals surface area contributed by atoms with E-state index in [9.17, 15) is 10.1 Å². The van der Waals surface area contributed by atoms with Gasteiger partial charge in [-0.25, -0.2) is 0 Å². The molecule has 0 aromatic rings. The molecule has 0 unspecified atom stereocenters. The summed E-state index contributed by atoms with van der Waals surface area (Å²) in [7, 11) is 0. The molecule has 0 saturated heterocycles. The van der Waals surface area contributed by atoms with E-state index in [0.29, 0.717) is 12.0 Å². The molecule has 0 amide bonds. The van der Waals surface area contributed by atoms with Crippen LogP contribution in [0.5, 0.6) is 0 Å². The first-order valence-electron chi connectivity index (χ1n) is 4.92. The van der Waals surface area contributed by atoms with Crippen molar-refractivity contribution in [3.63, 3.8) is 0 Å². The van der Waals surface area contributed by atoms with E-state index in [1.54, 1.807) is 6.08 Å². The van der Waals surface area contributed by atoms with Crippen molar-refractivity contribution < 1.29 is 4.92 Å². The summed E-state index contributed by atoms with van der Waals surface area (Å²) in [5.74, 6) is 0.547. The van der Waals surface area contributed by atoms with Crippen LogP contribution in [0.25, 0.3) is 0 Å². The lowest BCUT2D eigenvalue weighted by atomic mass is 9.86. The molecule has 1 rings (SSSR count). The minimum absolute atomic E-state index is 0.356. The molecule has 0 heterocycles. The Bertz CT molecular complexity index is 241. The molecule has 0 aromatic heterocycles. The van der Waals surface area contributed by atoms with Gasteiger partial charge in [-0.3, -0.25) is 10.1 Å². The third kappa shape index (κ3) is 4.18. The Morgan fingerprint density at radius 3 is 2.43 bits per heavy atom. The molecule has 0 atom stereocenters.